The van der Waals surface area contributed by atoms with E-state index in [9.17, 15) is 26.3 Å². The fourth-order valence-electron chi connectivity index (χ4n) is 4.38. The Labute approximate surface area is 196 Å². The van der Waals surface area contributed by atoms with Crippen LogP contribution in [0.1, 0.15) is 22.3 Å². The molecule has 0 saturated heterocycles. The van der Waals surface area contributed by atoms with E-state index in [4.69, 9.17) is 0 Å². The largest absolute Gasteiger partial charge is 0.416 e. The second-order valence-electron chi connectivity index (χ2n) is 8.34. The van der Waals surface area contributed by atoms with E-state index in [0.717, 1.165) is 22.2 Å². The van der Waals surface area contributed by atoms with Gasteiger partial charge in [0.15, 0.2) is 0 Å². The molecule has 0 unspecified atom stereocenters. The van der Waals surface area contributed by atoms with E-state index in [1.165, 1.54) is 0 Å². The molecular weight excluding hydrogens is 472 g/mol. The van der Waals surface area contributed by atoms with Crippen LogP contribution < -0.4 is 21.2 Å². The van der Waals surface area contributed by atoms with E-state index in [1.54, 1.807) is 30.4 Å². The van der Waals surface area contributed by atoms with Crippen molar-refractivity contribution in [2.75, 3.05) is 12.4 Å². The maximum Gasteiger partial charge on any atom is 0.416 e. The number of nitrogens with zero attached hydrogens (tertiary/aromatic N) is 3. The predicted molar refractivity (Wildman–Crippen MR) is 117 cm³/mol. The van der Waals surface area contributed by atoms with Gasteiger partial charge in [-0.05, 0) is 35.4 Å². The second-order valence-corrected chi connectivity index (χ2v) is 8.34. The van der Waals surface area contributed by atoms with Crippen molar-refractivity contribution < 1.29 is 26.3 Å². The number of hydrogen-bond acceptors (Lipinski definition) is 5. The lowest BCUT2D eigenvalue weighted by Crippen LogP contribution is -2.52. The number of benzene rings is 2. The maximum absolute atomic E-state index is 13.3. The molecule has 0 fully saturated rings. The van der Waals surface area contributed by atoms with Crippen LogP contribution in [0.3, 0.4) is 0 Å². The van der Waals surface area contributed by atoms with E-state index in [2.05, 4.69) is 20.6 Å². The Hall–Kier alpha value is -3.89. The molecular formula is C24H19F6N5. The molecule has 0 saturated carbocycles. The SMILES string of the molecule is CN1NC(Nc2cc(C(F)(F)F)cc(C(F)(F)F)c2)=c2ccccc2=C1N1Cc2ccncc2C1. The lowest BCUT2D eigenvalue weighted by molar-refractivity contribution is -0.143. The number of anilines is 1. The van der Waals surface area contributed by atoms with Crippen LogP contribution in [0.15, 0.2) is 60.9 Å². The molecule has 2 aromatic carbocycles. The van der Waals surface area contributed by atoms with Gasteiger partial charge in [-0.3, -0.25) is 15.4 Å². The Morgan fingerprint density at radius 3 is 2.11 bits per heavy atom. The minimum Gasteiger partial charge on any atom is -0.348 e. The summed E-state index contributed by atoms with van der Waals surface area (Å²) >= 11 is 0. The highest BCUT2D eigenvalue weighted by atomic mass is 19.4. The molecule has 1 aromatic heterocycles. The Bertz CT molecular complexity index is 1360. The molecule has 0 radical (unpaired) electrons. The predicted octanol–water partition coefficient (Wildman–Crippen LogP) is 3.83. The molecule has 11 heteroatoms. The van der Waals surface area contributed by atoms with Crippen molar-refractivity contribution in [1.82, 2.24) is 20.3 Å². The summed E-state index contributed by atoms with van der Waals surface area (Å²) in [5.74, 6) is 1.08. The average Bonchev–Trinajstić information content (AvgIpc) is 3.21. The molecule has 0 spiro atoms. The fraction of sp³-hybridized carbons (Fsp3) is 0.208. The summed E-state index contributed by atoms with van der Waals surface area (Å²) in [5, 5.41) is 5.83. The van der Waals surface area contributed by atoms with Gasteiger partial charge < -0.3 is 10.2 Å². The van der Waals surface area contributed by atoms with Crippen LogP contribution >= 0.6 is 0 Å². The molecule has 0 atom stereocenters. The summed E-state index contributed by atoms with van der Waals surface area (Å²) in [7, 11) is 1.74. The number of aromatic nitrogens is 1. The number of hydrazine groups is 1. The fourth-order valence-corrected chi connectivity index (χ4v) is 4.38. The molecule has 3 heterocycles. The highest BCUT2D eigenvalue weighted by Gasteiger charge is 2.37. The van der Waals surface area contributed by atoms with Crippen LogP contribution in [-0.4, -0.2) is 21.9 Å². The Morgan fingerprint density at radius 1 is 0.857 bits per heavy atom. The highest BCUT2D eigenvalue weighted by Crippen LogP contribution is 2.38. The molecule has 182 valence electrons. The third kappa shape index (κ3) is 4.33. The number of halogens is 6. The minimum absolute atomic E-state index is 0.107. The van der Waals surface area contributed by atoms with Crippen LogP contribution in [0.5, 0.6) is 0 Å². The summed E-state index contributed by atoms with van der Waals surface area (Å²) in [6, 6.07) is 10.6. The van der Waals surface area contributed by atoms with Gasteiger partial charge in [0.05, 0.1) is 11.1 Å². The van der Waals surface area contributed by atoms with Crippen LogP contribution in [-0.2, 0) is 25.4 Å². The van der Waals surface area contributed by atoms with Gasteiger partial charge in [-0.15, -0.1) is 0 Å². The first-order chi connectivity index (χ1) is 16.5. The van der Waals surface area contributed by atoms with E-state index in [0.29, 0.717) is 30.4 Å². The summed E-state index contributed by atoms with van der Waals surface area (Å²) < 4.78 is 79.9. The first-order valence-electron chi connectivity index (χ1n) is 10.6. The van der Waals surface area contributed by atoms with Gasteiger partial charge >= 0.3 is 12.4 Å². The van der Waals surface area contributed by atoms with Gasteiger partial charge in [-0.1, -0.05) is 24.3 Å². The topological polar surface area (TPSA) is 43.4 Å². The summed E-state index contributed by atoms with van der Waals surface area (Å²) in [5.41, 5.74) is 2.19. The molecule has 2 aliphatic rings. The number of pyridine rings is 1. The first-order valence-corrected chi connectivity index (χ1v) is 10.6. The van der Waals surface area contributed by atoms with Gasteiger partial charge in [-0.25, -0.2) is 0 Å². The third-order valence-electron chi connectivity index (χ3n) is 5.92. The zero-order valence-electron chi connectivity index (χ0n) is 18.3. The monoisotopic (exact) mass is 491 g/mol. The molecule has 35 heavy (non-hydrogen) atoms. The van der Waals surface area contributed by atoms with Gasteiger partial charge in [0, 0.05) is 48.7 Å². The zero-order valence-corrected chi connectivity index (χ0v) is 18.3. The van der Waals surface area contributed by atoms with Gasteiger partial charge in [0.25, 0.3) is 0 Å². The van der Waals surface area contributed by atoms with Crippen molar-refractivity contribution in [3.63, 3.8) is 0 Å². The molecule has 2 N–H and O–H groups in total. The molecule has 0 aliphatic carbocycles. The van der Waals surface area contributed by atoms with Crippen molar-refractivity contribution in [3.8, 4) is 0 Å². The van der Waals surface area contributed by atoms with Gasteiger partial charge in [0.2, 0.25) is 0 Å². The van der Waals surface area contributed by atoms with Crippen molar-refractivity contribution in [3.05, 3.63) is 93.6 Å². The van der Waals surface area contributed by atoms with Crippen LogP contribution in [0.25, 0.3) is 11.6 Å². The number of nitrogens with one attached hydrogen (secondary N) is 2. The number of alkyl halides is 6. The number of hydrogen-bond donors (Lipinski definition) is 2. The smallest absolute Gasteiger partial charge is 0.348 e. The molecule has 3 aromatic rings. The zero-order chi connectivity index (χ0) is 25.0. The van der Waals surface area contributed by atoms with Crippen molar-refractivity contribution in [1.29, 1.82) is 0 Å². The normalized spacial score (nSPS) is 15.6. The van der Waals surface area contributed by atoms with Crippen LogP contribution in [0.4, 0.5) is 32.0 Å². The molecule has 5 rings (SSSR count). The van der Waals surface area contributed by atoms with Crippen molar-refractivity contribution in [2.24, 2.45) is 0 Å². The highest BCUT2D eigenvalue weighted by molar-refractivity contribution is 5.67. The van der Waals surface area contributed by atoms with Crippen LogP contribution in [0, 0.1) is 0 Å². The van der Waals surface area contributed by atoms with Crippen molar-refractivity contribution >= 4 is 17.3 Å². The Kier molecular flexibility index (Phi) is 5.30. The summed E-state index contributed by atoms with van der Waals surface area (Å²) in [4.78, 5) is 6.29. The van der Waals surface area contributed by atoms with E-state index in [-0.39, 0.29) is 17.6 Å². The van der Waals surface area contributed by atoms with Crippen LogP contribution in [0.2, 0.25) is 0 Å². The lowest BCUT2D eigenvalue weighted by atomic mass is 10.1. The minimum atomic E-state index is -4.93. The van der Waals surface area contributed by atoms with E-state index < -0.39 is 23.5 Å². The molecule has 5 nitrogen and oxygen atoms in total. The third-order valence-corrected chi connectivity index (χ3v) is 5.92. The molecule has 2 aliphatic heterocycles. The Balaban J connectivity index is 1.61. The summed E-state index contributed by atoms with van der Waals surface area (Å²) in [6.07, 6.45) is -6.33. The average molecular weight is 491 g/mol. The van der Waals surface area contributed by atoms with Gasteiger partial charge in [0.1, 0.15) is 11.6 Å². The maximum atomic E-state index is 13.3. The quantitative estimate of drug-likeness (QED) is 0.546. The molecule has 0 amide bonds. The van der Waals surface area contributed by atoms with E-state index in [1.807, 2.05) is 24.4 Å². The molecule has 0 bridgehead atoms. The first kappa shape index (κ1) is 22.9. The standard InChI is InChI=1S/C24H19F6N5/c1-34-22(35-12-14-6-7-31-11-15(14)13-35)20-5-3-2-4-19(20)21(33-34)32-18-9-16(23(25,26)27)8-17(10-18)24(28,29)30/h2-11,32-33H,12-13H2,1H3. The van der Waals surface area contributed by atoms with E-state index >= 15 is 0 Å². The second kappa shape index (κ2) is 8.10. The Morgan fingerprint density at radius 2 is 1.49 bits per heavy atom. The number of rotatable bonds is 3. The number of fused-ring (bicyclic) bond motifs is 2. The van der Waals surface area contributed by atoms with Gasteiger partial charge in [-0.2, -0.15) is 26.3 Å². The summed E-state index contributed by atoms with van der Waals surface area (Å²) in [6.45, 7) is 1.25. The lowest BCUT2D eigenvalue weighted by Gasteiger charge is -2.35. The van der Waals surface area contributed by atoms with Crippen molar-refractivity contribution in [2.45, 2.75) is 25.4 Å².